The molecule has 1 aliphatic carbocycles. The van der Waals surface area contributed by atoms with Crippen LogP contribution in [0.4, 0.5) is 0 Å². The lowest BCUT2D eigenvalue weighted by atomic mass is 10.1. The highest BCUT2D eigenvalue weighted by Crippen LogP contribution is 2.32. The molecule has 1 N–H and O–H groups in total. The molecule has 0 aliphatic heterocycles. The molecule has 90 valence electrons. The Hall–Kier alpha value is -0.0800. The third-order valence-electron chi connectivity index (χ3n) is 3.25. The molecule has 0 aromatic rings. The molecule has 1 atom stereocenters. The summed E-state index contributed by atoms with van der Waals surface area (Å²) < 4.78 is 0. The fourth-order valence-corrected chi connectivity index (χ4v) is 2.06. The Kier molecular flexibility index (Phi) is 6.26. The quantitative estimate of drug-likeness (QED) is 0.632. The van der Waals surface area contributed by atoms with Gasteiger partial charge in [0.05, 0.1) is 0 Å². The Balaban J connectivity index is 2.17. The van der Waals surface area contributed by atoms with Crippen LogP contribution in [-0.4, -0.2) is 37.6 Å². The Bertz CT molecular complexity index is 155. The lowest BCUT2D eigenvalue weighted by Gasteiger charge is -2.24. The highest BCUT2D eigenvalue weighted by Gasteiger charge is 2.31. The number of hydrogen-bond acceptors (Lipinski definition) is 2. The highest BCUT2D eigenvalue weighted by molar-refractivity contribution is 4.87. The van der Waals surface area contributed by atoms with Gasteiger partial charge < -0.3 is 10.2 Å². The van der Waals surface area contributed by atoms with E-state index in [4.69, 9.17) is 0 Å². The molecule has 0 bridgehead atoms. The lowest BCUT2D eigenvalue weighted by molar-refractivity contribution is 0.270. The molecule has 1 rings (SSSR count). The van der Waals surface area contributed by atoms with Crippen LogP contribution >= 0.6 is 0 Å². The molecule has 0 aromatic heterocycles. The van der Waals surface area contributed by atoms with Gasteiger partial charge in [-0.15, -0.1) is 0 Å². The second kappa shape index (κ2) is 7.24. The van der Waals surface area contributed by atoms with Crippen molar-refractivity contribution in [2.24, 2.45) is 5.92 Å². The predicted octanol–water partition coefficient (Wildman–Crippen LogP) is 2.50. The lowest BCUT2D eigenvalue weighted by Crippen LogP contribution is -2.41. The third kappa shape index (κ3) is 5.53. The first kappa shape index (κ1) is 13.0. The van der Waals surface area contributed by atoms with Gasteiger partial charge in [0.15, 0.2) is 0 Å². The fourth-order valence-electron chi connectivity index (χ4n) is 2.06. The van der Waals surface area contributed by atoms with E-state index >= 15 is 0 Å². The van der Waals surface area contributed by atoms with E-state index in [1.54, 1.807) is 0 Å². The molecule has 2 nitrogen and oxygen atoms in total. The van der Waals surface area contributed by atoms with E-state index < -0.39 is 0 Å². The van der Waals surface area contributed by atoms with E-state index in [9.17, 15) is 0 Å². The van der Waals surface area contributed by atoms with E-state index in [1.165, 1.54) is 51.7 Å². The topological polar surface area (TPSA) is 15.3 Å². The minimum atomic E-state index is 0.756. The summed E-state index contributed by atoms with van der Waals surface area (Å²) in [6.07, 6.45) is 6.79. The van der Waals surface area contributed by atoms with Crippen molar-refractivity contribution in [3.05, 3.63) is 0 Å². The summed E-state index contributed by atoms with van der Waals surface area (Å²) in [4.78, 5) is 2.50. The molecule has 15 heavy (non-hydrogen) atoms. The van der Waals surface area contributed by atoms with Crippen molar-refractivity contribution in [2.75, 3.05) is 26.7 Å². The molecule has 2 heteroatoms. The van der Waals surface area contributed by atoms with Crippen molar-refractivity contribution in [1.82, 2.24) is 10.2 Å². The molecule has 0 radical (unpaired) electrons. The first-order valence-corrected chi connectivity index (χ1v) is 6.69. The molecule has 0 heterocycles. The SMILES string of the molecule is CCCCN(C)CC(NCCC)C1CC1. The van der Waals surface area contributed by atoms with Crippen LogP contribution in [0.5, 0.6) is 0 Å². The van der Waals surface area contributed by atoms with E-state index in [0.717, 1.165) is 12.0 Å². The molecule has 1 fully saturated rings. The van der Waals surface area contributed by atoms with Gasteiger partial charge >= 0.3 is 0 Å². The normalized spacial score (nSPS) is 18.4. The van der Waals surface area contributed by atoms with Gasteiger partial charge in [-0.2, -0.15) is 0 Å². The van der Waals surface area contributed by atoms with Gasteiger partial charge in [0.25, 0.3) is 0 Å². The van der Waals surface area contributed by atoms with Gasteiger partial charge in [0.1, 0.15) is 0 Å². The second-order valence-electron chi connectivity index (χ2n) is 5.01. The molecule has 0 amide bonds. The zero-order valence-electron chi connectivity index (χ0n) is 10.8. The van der Waals surface area contributed by atoms with Crippen molar-refractivity contribution in [3.8, 4) is 0 Å². The Morgan fingerprint density at radius 3 is 2.53 bits per heavy atom. The van der Waals surface area contributed by atoms with Gasteiger partial charge in [0.2, 0.25) is 0 Å². The van der Waals surface area contributed by atoms with Crippen LogP contribution in [0.2, 0.25) is 0 Å². The van der Waals surface area contributed by atoms with Gasteiger partial charge in [0, 0.05) is 12.6 Å². The number of likely N-dealkylation sites (N-methyl/N-ethyl adjacent to an activating group) is 1. The summed E-state index contributed by atoms with van der Waals surface area (Å²) >= 11 is 0. The number of nitrogens with one attached hydrogen (secondary N) is 1. The highest BCUT2D eigenvalue weighted by atomic mass is 15.1. The average Bonchev–Trinajstić information content (AvgIpc) is 3.04. The second-order valence-corrected chi connectivity index (χ2v) is 5.01. The largest absolute Gasteiger partial charge is 0.312 e. The van der Waals surface area contributed by atoms with Crippen LogP contribution in [0.1, 0.15) is 46.0 Å². The standard InChI is InChI=1S/C13H28N2/c1-4-6-10-15(3)11-13(12-7-8-12)14-9-5-2/h12-14H,4-11H2,1-3H3. The molecule has 0 spiro atoms. The summed E-state index contributed by atoms with van der Waals surface area (Å²) in [5.74, 6) is 0.973. The third-order valence-corrected chi connectivity index (χ3v) is 3.25. The average molecular weight is 212 g/mol. The minimum Gasteiger partial charge on any atom is -0.312 e. The van der Waals surface area contributed by atoms with E-state index in [0.29, 0.717) is 0 Å². The van der Waals surface area contributed by atoms with Crippen LogP contribution in [0.15, 0.2) is 0 Å². The van der Waals surface area contributed by atoms with Gasteiger partial charge in [-0.3, -0.25) is 0 Å². The fraction of sp³-hybridized carbons (Fsp3) is 1.00. The zero-order chi connectivity index (χ0) is 11.1. The summed E-state index contributed by atoms with van der Waals surface area (Å²) in [5, 5.41) is 3.70. The number of nitrogens with zero attached hydrogens (tertiary/aromatic N) is 1. The summed E-state index contributed by atoms with van der Waals surface area (Å²) in [7, 11) is 2.26. The van der Waals surface area contributed by atoms with Crippen molar-refractivity contribution in [3.63, 3.8) is 0 Å². The van der Waals surface area contributed by atoms with Gasteiger partial charge in [-0.25, -0.2) is 0 Å². The van der Waals surface area contributed by atoms with Crippen LogP contribution in [-0.2, 0) is 0 Å². The molecule has 1 aliphatic rings. The van der Waals surface area contributed by atoms with Crippen LogP contribution < -0.4 is 5.32 Å². The molecule has 0 saturated heterocycles. The molecular weight excluding hydrogens is 184 g/mol. The molecule has 1 unspecified atom stereocenters. The maximum absolute atomic E-state index is 3.70. The number of hydrogen-bond donors (Lipinski definition) is 1. The summed E-state index contributed by atoms with van der Waals surface area (Å²) in [6.45, 7) is 8.19. The Morgan fingerprint density at radius 1 is 1.27 bits per heavy atom. The molecule has 0 aromatic carbocycles. The van der Waals surface area contributed by atoms with Crippen molar-refractivity contribution >= 4 is 0 Å². The van der Waals surface area contributed by atoms with Crippen molar-refractivity contribution in [1.29, 1.82) is 0 Å². The monoisotopic (exact) mass is 212 g/mol. The Labute approximate surface area is 95.4 Å². The van der Waals surface area contributed by atoms with Crippen LogP contribution in [0.25, 0.3) is 0 Å². The minimum absolute atomic E-state index is 0.756. The van der Waals surface area contributed by atoms with Gasteiger partial charge in [-0.1, -0.05) is 20.3 Å². The van der Waals surface area contributed by atoms with Crippen LogP contribution in [0, 0.1) is 5.92 Å². The van der Waals surface area contributed by atoms with Crippen molar-refractivity contribution < 1.29 is 0 Å². The van der Waals surface area contributed by atoms with E-state index in [2.05, 4.69) is 31.1 Å². The summed E-state index contributed by atoms with van der Waals surface area (Å²) in [6, 6.07) is 0.756. The zero-order valence-corrected chi connectivity index (χ0v) is 10.8. The number of unbranched alkanes of at least 4 members (excludes halogenated alkanes) is 1. The van der Waals surface area contributed by atoms with E-state index in [1.807, 2.05) is 0 Å². The smallest absolute Gasteiger partial charge is 0.0223 e. The number of rotatable bonds is 9. The molecule has 1 saturated carbocycles. The van der Waals surface area contributed by atoms with E-state index in [-0.39, 0.29) is 0 Å². The maximum Gasteiger partial charge on any atom is 0.0223 e. The van der Waals surface area contributed by atoms with Crippen molar-refractivity contribution in [2.45, 2.75) is 52.0 Å². The first-order chi connectivity index (χ1) is 7.27. The molecular formula is C13H28N2. The predicted molar refractivity (Wildman–Crippen MR) is 67.2 cm³/mol. The van der Waals surface area contributed by atoms with Gasteiger partial charge in [-0.05, 0) is 51.7 Å². The Morgan fingerprint density at radius 2 is 2.00 bits per heavy atom. The summed E-state index contributed by atoms with van der Waals surface area (Å²) in [5.41, 5.74) is 0. The first-order valence-electron chi connectivity index (χ1n) is 6.69. The maximum atomic E-state index is 3.70. The van der Waals surface area contributed by atoms with Crippen LogP contribution in [0.3, 0.4) is 0 Å².